The lowest BCUT2D eigenvalue weighted by molar-refractivity contribution is -0.118. The third-order valence-electron chi connectivity index (χ3n) is 1.50. The van der Waals surface area contributed by atoms with Crippen molar-refractivity contribution in [3.05, 3.63) is 21.8 Å². The first-order valence-electron chi connectivity index (χ1n) is 3.89. The molecule has 0 aliphatic rings. The van der Waals surface area contributed by atoms with Crippen molar-refractivity contribution >= 4 is 39.3 Å². The molecule has 0 saturated carbocycles. The van der Waals surface area contributed by atoms with E-state index in [2.05, 4.69) is 31.5 Å². The van der Waals surface area contributed by atoms with Crippen LogP contribution < -0.4 is 10.6 Å². The van der Waals surface area contributed by atoms with Crippen LogP contribution in [0.2, 0.25) is 5.02 Å². The summed E-state index contributed by atoms with van der Waals surface area (Å²) in [6, 6.07) is 1.71. The van der Waals surface area contributed by atoms with Crippen LogP contribution in [-0.2, 0) is 4.79 Å². The molecular formula is C8H9BrClN3O. The van der Waals surface area contributed by atoms with E-state index in [1.54, 1.807) is 19.3 Å². The fourth-order valence-electron chi connectivity index (χ4n) is 0.797. The van der Waals surface area contributed by atoms with E-state index < -0.39 is 0 Å². The molecule has 0 bridgehead atoms. The summed E-state index contributed by atoms with van der Waals surface area (Å²) >= 11 is 9.11. The Morgan fingerprint density at radius 1 is 1.71 bits per heavy atom. The average Bonchev–Trinajstić information content (AvgIpc) is 2.16. The minimum atomic E-state index is -0.120. The van der Waals surface area contributed by atoms with Crippen LogP contribution in [0.15, 0.2) is 16.7 Å². The maximum absolute atomic E-state index is 10.9. The van der Waals surface area contributed by atoms with Gasteiger partial charge in [-0.3, -0.25) is 4.79 Å². The topological polar surface area (TPSA) is 54.0 Å². The fourth-order valence-corrected chi connectivity index (χ4v) is 1.49. The van der Waals surface area contributed by atoms with E-state index in [-0.39, 0.29) is 12.5 Å². The molecule has 0 spiro atoms. The predicted molar refractivity (Wildman–Crippen MR) is 59.5 cm³/mol. The van der Waals surface area contributed by atoms with E-state index >= 15 is 0 Å². The fraction of sp³-hybridized carbons (Fsp3) is 0.250. The van der Waals surface area contributed by atoms with Gasteiger partial charge in [0.25, 0.3) is 0 Å². The summed E-state index contributed by atoms with van der Waals surface area (Å²) in [6.45, 7) is 0.158. The summed E-state index contributed by atoms with van der Waals surface area (Å²) in [6.07, 6.45) is 1.61. The quantitative estimate of drug-likeness (QED) is 0.884. The third kappa shape index (κ3) is 3.16. The number of carbonyl (C=O) groups is 1. The minimum Gasteiger partial charge on any atom is -0.360 e. The Morgan fingerprint density at radius 2 is 2.43 bits per heavy atom. The predicted octanol–water partition coefficient (Wildman–Crippen LogP) is 1.66. The summed E-state index contributed by atoms with van der Waals surface area (Å²) in [5, 5.41) is 5.77. The first-order valence-corrected chi connectivity index (χ1v) is 5.06. The average molecular weight is 279 g/mol. The maximum atomic E-state index is 10.9. The first kappa shape index (κ1) is 11.3. The zero-order valence-corrected chi connectivity index (χ0v) is 9.82. The van der Waals surface area contributed by atoms with Crippen LogP contribution in [0.25, 0.3) is 0 Å². The van der Waals surface area contributed by atoms with Crippen molar-refractivity contribution in [2.45, 2.75) is 0 Å². The van der Waals surface area contributed by atoms with Crippen molar-refractivity contribution in [1.29, 1.82) is 0 Å². The smallest absolute Gasteiger partial charge is 0.239 e. The number of aromatic nitrogens is 1. The van der Waals surface area contributed by atoms with E-state index in [1.807, 2.05) is 0 Å². The van der Waals surface area contributed by atoms with Crippen molar-refractivity contribution < 1.29 is 4.79 Å². The number of amides is 1. The lowest BCUT2D eigenvalue weighted by Gasteiger charge is -2.06. The van der Waals surface area contributed by atoms with Gasteiger partial charge in [-0.1, -0.05) is 11.6 Å². The highest BCUT2D eigenvalue weighted by Gasteiger charge is 2.03. The van der Waals surface area contributed by atoms with Crippen LogP contribution in [0.4, 0.5) is 5.82 Å². The summed E-state index contributed by atoms with van der Waals surface area (Å²) in [7, 11) is 1.57. The second-order valence-electron chi connectivity index (χ2n) is 2.51. The Balaban J connectivity index is 2.63. The molecule has 1 aromatic rings. The van der Waals surface area contributed by atoms with Gasteiger partial charge < -0.3 is 10.6 Å². The molecule has 0 aliphatic carbocycles. The Bertz CT molecular complexity index is 345. The molecule has 0 saturated heterocycles. The summed E-state index contributed by atoms with van der Waals surface area (Å²) < 4.78 is 0.799. The number of hydrogen-bond donors (Lipinski definition) is 2. The van der Waals surface area contributed by atoms with E-state index in [1.165, 1.54) is 0 Å². The van der Waals surface area contributed by atoms with Crippen LogP contribution in [0.5, 0.6) is 0 Å². The summed E-state index contributed by atoms with van der Waals surface area (Å²) in [5.41, 5.74) is 0. The first-order chi connectivity index (χ1) is 6.63. The van der Waals surface area contributed by atoms with Gasteiger partial charge in [0.15, 0.2) is 0 Å². The van der Waals surface area contributed by atoms with E-state index in [4.69, 9.17) is 11.6 Å². The standard InChI is InChI=1S/C8H9BrClN3O/c1-11-7(14)4-13-8-6(10)2-5(9)3-12-8/h2-3H,4H2,1H3,(H,11,14)(H,12,13). The van der Waals surface area contributed by atoms with Gasteiger partial charge in [-0.15, -0.1) is 0 Å². The largest absolute Gasteiger partial charge is 0.360 e. The van der Waals surface area contributed by atoms with Crippen LogP contribution in [0.1, 0.15) is 0 Å². The Hall–Kier alpha value is -0.810. The van der Waals surface area contributed by atoms with Crippen molar-refractivity contribution in [2.24, 2.45) is 0 Å². The number of pyridine rings is 1. The molecule has 1 aromatic heterocycles. The molecule has 0 unspecified atom stereocenters. The van der Waals surface area contributed by atoms with Gasteiger partial charge in [0, 0.05) is 17.7 Å². The Labute approximate surface area is 95.2 Å². The van der Waals surface area contributed by atoms with E-state index in [9.17, 15) is 4.79 Å². The SMILES string of the molecule is CNC(=O)CNc1ncc(Br)cc1Cl. The van der Waals surface area contributed by atoms with Crippen LogP contribution in [0, 0.1) is 0 Å². The molecule has 1 heterocycles. The van der Waals surface area contributed by atoms with Crippen molar-refractivity contribution in [3.8, 4) is 0 Å². The highest BCUT2D eigenvalue weighted by Crippen LogP contribution is 2.22. The lowest BCUT2D eigenvalue weighted by atomic mass is 10.4. The molecule has 0 atom stereocenters. The van der Waals surface area contributed by atoms with E-state index in [0.717, 1.165) is 4.47 Å². The van der Waals surface area contributed by atoms with E-state index in [0.29, 0.717) is 10.8 Å². The van der Waals surface area contributed by atoms with Crippen molar-refractivity contribution in [2.75, 3.05) is 18.9 Å². The van der Waals surface area contributed by atoms with Crippen molar-refractivity contribution in [3.63, 3.8) is 0 Å². The van der Waals surface area contributed by atoms with Crippen LogP contribution in [0.3, 0.4) is 0 Å². The van der Waals surface area contributed by atoms with Gasteiger partial charge in [-0.2, -0.15) is 0 Å². The molecule has 0 aliphatic heterocycles. The molecular weight excluding hydrogens is 269 g/mol. The zero-order valence-electron chi connectivity index (χ0n) is 7.47. The highest BCUT2D eigenvalue weighted by molar-refractivity contribution is 9.10. The molecule has 6 heteroatoms. The molecule has 76 valence electrons. The highest BCUT2D eigenvalue weighted by atomic mass is 79.9. The van der Waals surface area contributed by atoms with Gasteiger partial charge in [-0.05, 0) is 22.0 Å². The van der Waals surface area contributed by atoms with Crippen LogP contribution >= 0.6 is 27.5 Å². The molecule has 4 nitrogen and oxygen atoms in total. The third-order valence-corrected chi connectivity index (χ3v) is 2.22. The number of hydrogen-bond acceptors (Lipinski definition) is 3. The van der Waals surface area contributed by atoms with Gasteiger partial charge in [0.1, 0.15) is 5.82 Å². The molecule has 2 N–H and O–H groups in total. The second-order valence-corrected chi connectivity index (χ2v) is 3.83. The number of carbonyl (C=O) groups excluding carboxylic acids is 1. The normalized spacial score (nSPS) is 9.64. The molecule has 1 amide bonds. The molecule has 0 radical (unpaired) electrons. The van der Waals surface area contributed by atoms with Crippen LogP contribution in [-0.4, -0.2) is 24.5 Å². The minimum absolute atomic E-state index is 0.120. The monoisotopic (exact) mass is 277 g/mol. The van der Waals surface area contributed by atoms with Crippen molar-refractivity contribution in [1.82, 2.24) is 10.3 Å². The number of rotatable bonds is 3. The number of anilines is 1. The zero-order chi connectivity index (χ0) is 10.6. The van der Waals surface area contributed by atoms with Gasteiger partial charge in [0.05, 0.1) is 11.6 Å². The molecule has 14 heavy (non-hydrogen) atoms. The van der Waals surface area contributed by atoms with Gasteiger partial charge in [-0.25, -0.2) is 4.98 Å². The Kier molecular flexibility index (Phi) is 4.16. The Morgan fingerprint density at radius 3 is 3.00 bits per heavy atom. The second kappa shape index (κ2) is 5.17. The summed E-state index contributed by atoms with van der Waals surface area (Å²) in [5.74, 6) is 0.379. The van der Waals surface area contributed by atoms with Gasteiger partial charge in [0.2, 0.25) is 5.91 Å². The summed E-state index contributed by atoms with van der Waals surface area (Å²) in [4.78, 5) is 14.9. The molecule has 0 aromatic carbocycles. The number of nitrogens with zero attached hydrogens (tertiary/aromatic N) is 1. The number of nitrogens with one attached hydrogen (secondary N) is 2. The lowest BCUT2D eigenvalue weighted by Crippen LogP contribution is -2.26. The number of likely N-dealkylation sites (N-methyl/N-ethyl adjacent to an activating group) is 1. The maximum Gasteiger partial charge on any atom is 0.239 e. The molecule has 1 rings (SSSR count). The van der Waals surface area contributed by atoms with Gasteiger partial charge >= 0.3 is 0 Å². The number of halogens is 2. The molecule has 0 fully saturated rings.